The number of rotatable bonds is 3. The van der Waals surface area contributed by atoms with Crippen LogP contribution in [0.3, 0.4) is 0 Å². The van der Waals surface area contributed by atoms with Crippen LogP contribution in [-0.4, -0.2) is 53.4 Å². The zero-order chi connectivity index (χ0) is 16.6. The van der Waals surface area contributed by atoms with Crippen molar-refractivity contribution in [1.82, 2.24) is 29.7 Å². The van der Waals surface area contributed by atoms with E-state index in [2.05, 4.69) is 34.1 Å². The third-order valence-corrected chi connectivity index (χ3v) is 5.13. The maximum absolute atomic E-state index is 12.5. The molecule has 1 aliphatic heterocycles. The maximum atomic E-state index is 12.5. The summed E-state index contributed by atoms with van der Waals surface area (Å²) in [6.07, 6.45) is 3.28. The molecule has 1 amide bonds. The number of nitrogens with zero attached hydrogens (tertiary/aromatic N) is 5. The Morgan fingerprint density at radius 1 is 1.30 bits per heavy atom. The Morgan fingerprint density at radius 3 is 2.70 bits per heavy atom. The Bertz CT molecular complexity index is 775. The molecular formula is C14H20N6O2S. The lowest BCUT2D eigenvalue weighted by Gasteiger charge is -2.39. The van der Waals surface area contributed by atoms with Crippen molar-refractivity contribution in [3.63, 3.8) is 0 Å². The number of piperidine rings is 1. The summed E-state index contributed by atoms with van der Waals surface area (Å²) < 4.78 is 1.47. The summed E-state index contributed by atoms with van der Waals surface area (Å²) >= 11 is 1.29. The number of carbonyl (C=O) groups excluding carboxylic acids is 1. The molecule has 0 aromatic carbocycles. The first kappa shape index (κ1) is 16.0. The molecule has 2 aromatic rings. The van der Waals surface area contributed by atoms with Crippen LogP contribution in [0.2, 0.25) is 0 Å². The lowest BCUT2D eigenvalue weighted by atomic mass is 9.98. The molecule has 0 unspecified atom stereocenters. The Hall–Kier alpha value is -1.90. The summed E-state index contributed by atoms with van der Waals surface area (Å²) in [5, 5.41) is 12.6. The van der Waals surface area contributed by atoms with Crippen molar-refractivity contribution in [1.29, 1.82) is 0 Å². The van der Waals surface area contributed by atoms with Gasteiger partial charge < -0.3 is 4.90 Å². The van der Waals surface area contributed by atoms with Crippen LogP contribution in [0.15, 0.2) is 9.95 Å². The highest BCUT2D eigenvalue weighted by Crippen LogP contribution is 2.24. The summed E-state index contributed by atoms with van der Waals surface area (Å²) in [5.74, 6) is 0.679. The quantitative estimate of drug-likeness (QED) is 0.840. The van der Waals surface area contributed by atoms with Gasteiger partial charge in [-0.1, -0.05) is 11.8 Å². The largest absolute Gasteiger partial charge is 0.337 e. The van der Waals surface area contributed by atoms with Gasteiger partial charge in [-0.25, -0.2) is 0 Å². The van der Waals surface area contributed by atoms with Gasteiger partial charge in [-0.2, -0.15) is 9.61 Å². The number of aromatic nitrogens is 5. The number of hydrogen-bond acceptors (Lipinski definition) is 6. The molecule has 0 radical (unpaired) electrons. The summed E-state index contributed by atoms with van der Waals surface area (Å²) in [6, 6.07) is 0.553. The van der Waals surface area contributed by atoms with Gasteiger partial charge in [-0.3, -0.25) is 14.6 Å². The molecule has 1 N–H and O–H groups in total. The molecule has 3 heterocycles. The van der Waals surface area contributed by atoms with E-state index in [9.17, 15) is 9.59 Å². The minimum Gasteiger partial charge on any atom is -0.337 e. The van der Waals surface area contributed by atoms with Gasteiger partial charge in [0, 0.05) is 12.1 Å². The SMILES string of the molecule is Cc1nn2c(SCC(=O)N3[C@H](C)CCC[C@@H]3C)nnc2[nH]c1=O. The van der Waals surface area contributed by atoms with Crippen LogP contribution >= 0.6 is 11.8 Å². The smallest absolute Gasteiger partial charge is 0.273 e. The van der Waals surface area contributed by atoms with E-state index in [0.29, 0.717) is 10.9 Å². The minimum absolute atomic E-state index is 0.104. The molecule has 23 heavy (non-hydrogen) atoms. The maximum Gasteiger partial charge on any atom is 0.273 e. The summed E-state index contributed by atoms with van der Waals surface area (Å²) in [5.41, 5.74) is 0.0530. The predicted molar refractivity (Wildman–Crippen MR) is 86.5 cm³/mol. The fraction of sp³-hybridized carbons (Fsp3) is 0.643. The van der Waals surface area contributed by atoms with Crippen LogP contribution in [0, 0.1) is 6.92 Å². The molecule has 1 aliphatic rings. The van der Waals surface area contributed by atoms with Gasteiger partial charge in [0.25, 0.3) is 11.3 Å². The van der Waals surface area contributed by atoms with Crippen molar-refractivity contribution in [2.75, 3.05) is 5.75 Å². The Labute approximate surface area is 137 Å². The second-order valence-corrected chi connectivity index (χ2v) is 6.92. The number of hydrogen-bond donors (Lipinski definition) is 1. The van der Waals surface area contributed by atoms with Crippen LogP contribution in [0.25, 0.3) is 5.78 Å². The minimum atomic E-state index is -0.284. The van der Waals surface area contributed by atoms with Crippen molar-refractivity contribution in [3.8, 4) is 0 Å². The molecular weight excluding hydrogens is 316 g/mol. The van der Waals surface area contributed by atoms with Gasteiger partial charge >= 0.3 is 0 Å². The van der Waals surface area contributed by atoms with Crippen LogP contribution < -0.4 is 5.56 Å². The highest BCUT2D eigenvalue weighted by Gasteiger charge is 2.29. The third-order valence-electron chi connectivity index (χ3n) is 4.22. The number of aromatic amines is 1. The normalized spacial score (nSPS) is 21.8. The van der Waals surface area contributed by atoms with E-state index in [-0.39, 0.29) is 35.1 Å². The van der Waals surface area contributed by atoms with Gasteiger partial charge in [0.15, 0.2) is 0 Å². The number of likely N-dealkylation sites (tertiary alicyclic amines) is 1. The average molecular weight is 336 g/mol. The van der Waals surface area contributed by atoms with Crippen LogP contribution in [-0.2, 0) is 4.79 Å². The predicted octanol–water partition coefficient (Wildman–Crippen LogP) is 1.00. The van der Waals surface area contributed by atoms with Crippen molar-refractivity contribution >= 4 is 23.4 Å². The molecule has 1 fully saturated rings. The second kappa shape index (κ2) is 6.31. The average Bonchev–Trinajstić information content (AvgIpc) is 2.87. The van der Waals surface area contributed by atoms with Crippen LogP contribution in [0.5, 0.6) is 0 Å². The first-order valence-electron chi connectivity index (χ1n) is 7.73. The standard InChI is InChI=1S/C14H20N6O2S/c1-8-5-4-6-9(2)19(8)11(21)7-23-14-17-16-13-15-12(22)10(3)18-20(13)14/h8-9H,4-7H2,1-3H3,(H,15,16,22)/t8-,9+. The molecule has 8 nitrogen and oxygen atoms in total. The van der Waals surface area contributed by atoms with Gasteiger partial charge in [-0.15, -0.1) is 10.2 Å². The molecule has 2 atom stereocenters. The molecule has 0 saturated carbocycles. The van der Waals surface area contributed by atoms with Gasteiger partial charge in [0.1, 0.15) is 5.69 Å². The second-order valence-electron chi connectivity index (χ2n) is 5.98. The van der Waals surface area contributed by atoms with Gasteiger partial charge in [0.05, 0.1) is 5.75 Å². The van der Waals surface area contributed by atoms with Crippen molar-refractivity contribution in [3.05, 3.63) is 16.0 Å². The van der Waals surface area contributed by atoms with Crippen LogP contribution in [0.4, 0.5) is 0 Å². The highest BCUT2D eigenvalue weighted by molar-refractivity contribution is 7.99. The lowest BCUT2D eigenvalue weighted by molar-refractivity contribution is -0.134. The van der Waals surface area contributed by atoms with Gasteiger partial charge in [0.2, 0.25) is 11.1 Å². The zero-order valence-electron chi connectivity index (χ0n) is 13.4. The monoisotopic (exact) mass is 336 g/mol. The van der Waals surface area contributed by atoms with E-state index in [0.717, 1.165) is 12.8 Å². The summed E-state index contributed by atoms with van der Waals surface area (Å²) in [7, 11) is 0. The van der Waals surface area contributed by atoms with Crippen molar-refractivity contribution in [2.45, 2.75) is 57.3 Å². The van der Waals surface area contributed by atoms with E-state index in [4.69, 9.17) is 0 Å². The van der Waals surface area contributed by atoms with E-state index < -0.39 is 0 Å². The molecule has 0 bridgehead atoms. The molecule has 0 spiro atoms. The van der Waals surface area contributed by atoms with Crippen molar-refractivity contribution < 1.29 is 4.79 Å². The summed E-state index contributed by atoms with van der Waals surface area (Å²) in [6.45, 7) is 5.82. The highest BCUT2D eigenvalue weighted by atomic mass is 32.2. The lowest BCUT2D eigenvalue weighted by Crippen LogP contribution is -2.48. The first-order valence-corrected chi connectivity index (χ1v) is 8.72. The number of nitrogens with one attached hydrogen (secondary N) is 1. The third kappa shape index (κ3) is 3.10. The van der Waals surface area contributed by atoms with E-state index in [1.54, 1.807) is 6.92 Å². The fourth-order valence-corrected chi connectivity index (χ4v) is 3.77. The number of amides is 1. The number of thioether (sulfide) groups is 1. The molecule has 0 aliphatic carbocycles. The molecule has 124 valence electrons. The molecule has 9 heteroatoms. The van der Waals surface area contributed by atoms with E-state index in [1.165, 1.54) is 22.7 Å². The Kier molecular flexibility index (Phi) is 4.38. The van der Waals surface area contributed by atoms with Crippen LogP contribution in [0.1, 0.15) is 38.8 Å². The molecule has 1 saturated heterocycles. The first-order chi connectivity index (χ1) is 11.0. The number of aryl methyl sites for hydroxylation is 1. The van der Waals surface area contributed by atoms with Crippen molar-refractivity contribution in [2.24, 2.45) is 0 Å². The molecule has 3 rings (SSSR count). The van der Waals surface area contributed by atoms with Gasteiger partial charge in [-0.05, 0) is 40.0 Å². The number of carbonyl (C=O) groups is 1. The number of H-pyrrole nitrogens is 1. The topological polar surface area (TPSA) is 96.2 Å². The Balaban J connectivity index is 1.74. The summed E-state index contributed by atoms with van der Waals surface area (Å²) in [4.78, 5) is 28.6. The zero-order valence-corrected chi connectivity index (χ0v) is 14.3. The fourth-order valence-electron chi connectivity index (χ4n) is 3.02. The van der Waals surface area contributed by atoms with E-state index in [1.807, 2.05) is 4.90 Å². The van der Waals surface area contributed by atoms with E-state index >= 15 is 0 Å². The Morgan fingerprint density at radius 2 is 2.00 bits per heavy atom. The number of fused-ring (bicyclic) bond motifs is 1. The molecule has 2 aromatic heterocycles.